The quantitative estimate of drug-likeness (QED) is 0.0320. The molecule has 0 aliphatic carbocycles. The monoisotopic (exact) mass is 1100 g/mol. The lowest BCUT2D eigenvalue weighted by atomic mass is 10.0. The van der Waals surface area contributed by atoms with Gasteiger partial charge >= 0.3 is 5.97 Å². The van der Waals surface area contributed by atoms with Gasteiger partial charge in [0.05, 0.1) is 25.4 Å². The van der Waals surface area contributed by atoms with E-state index in [1.54, 1.807) is 0 Å². The number of unbranched alkanes of at least 4 members (excludes halogenated alkanes) is 55. The van der Waals surface area contributed by atoms with Crippen LogP contribution in [-0.2, 0) is 14.3 Å². The Bertz CT molecular complexity index is 1180. The third kappa shape index (κ3) is 63.8. The number of carbonyl (C=O) groups is 2. The molecular formula is C72H141NO5. The van der Waals surface area contributed by atoms with E-state index in [2.05, 4.69) is 31.3 Å². The number of allylic oxidation sites excluding steroid dienone is 2. The molecule has 0 heterocycles. The first-order chi connectivity index (χ1) is 38.5. The molecule has 6 heteroatoms. The van der Waals surface area contributed by atoms with E-state index in [1.807, 2.05) is 0 Å². The third-order valence-corrected chi connectivity index (χ3v) is 17.1. The van der Waals surface area contributed by atoms with Gasteiger partial charge in [0.1, 0.15) is 0 Å². The van der Waals surface area contributed by atoms with Crippen molar-refractivity contribution in [2.45, 2.75) is 424 Å². The number of rotatable bonds is 68. The first-order valence-corrected chi connectivity index (χ1v) is 35.9. The summed E-state index contributed by atoms with van der Waals surface area (Å²) in [5.74, 6) is -0.0122. The molecule has 78 heavy (non-hydrogen) atoms. The van der Waals surface area contributed by atoms with Crippen LogP contribution < -0.4 is 5.32 Å². The fourth-order valence-corrected chi connectivity index (χ4v) is 11.6. The molecule has 0 fully saturated rings. The molecule has 0 aromatic rings. The van der Waals surface area contributed by atoms with E-state index < -0.39 is 12.1 Å². The molecule has 2 unspecified atom stereocenters. The Hall–Kier alpha value is -1.40. The van der Waals surface area contributed by atoms with E-state index in [4.69, 9.17) is 4.74 Å². The number of amides is 1. The molecule has 2 atom stereocenters. The van der Waals surface area contributed by atoms with Crippen LogP contribution in [0.3, 0.4) is 0 Å². The number of aliphatic hydroxyl groups is 2. The standard InChI is InChI=1S/C72H141NO5/c1-3-5-7-9-11-13-15-17-19-21-34-38-42-46-50-54-58-62-66-72(77)78-67-63-59-55-51-47-43-39-35-32-30-28-26-24-22-23-25-27-29-31-33-37-41-45-49-53-57-61-65-71(76)73-69(68-74)70(75)64-60-56-52-48-44-40-36-20-18-16-14-12-10-8-6-4-2/h19,21,69-70,74-75H,3-18,20,22-68H2,1-2H3,(H,73,76)/b21-19-. The predicted octanol–water partition coefficient (Wildman–Crippen LogP) is 23.1. The second kappa shape index (κ2) is 68.1. The number of hydrogen-bond acceptors (Lipinski definition) is 5. The van der Waals surface area contributed by atoms with Crippen LogP contribution in [0.5, 0.6) is 0 Å². The van der Waals surface area contributed by atoms with Gasteiger partial charge in [-0.25, -0.2) is 0 Å². The average Bonchev–Trinajstić information content (AvgIpc) is 3.44. The van der Waals surface area contributed by atoms with Crippen LogP contribution in [0.2, 0.25) is 0 Å². The van der Waals surface area contributed by atoms with E-state index in [0.717, 1.165) is 44.9 Å². The molecule has 0 spiro atoms. The van der Waals surface area contributed by atoms with Gasteiger partial charge in [-0.1, -0.05) is 360 Å². The maximum Gasteiger partial charge on any atom is 0.305 e. The second-order valence-corrected chi connectivity index (χ2v) is 24.9. The minimum Gasteiger partial charge on any atom is -0.466 e. The van der Waals surface area contributed by atoms with Gasteiger partial charge in [-0.2, -0.15) is 0 Å². The van der Waals surface area contributed by atoms with E-state index >= 15 is 0 Å². The summed E-state index contributed by atoms with van der Waals surface area (Å²) in [5.41, 5.74) is 0. The Labute approximate surface area is 489 Å². The third-order valence-electron chi connectivity index (χ3n) is 17.1. The van der Waals surface area contributed by atoms with Crippen LogP contribution in [-0.4, -0.2) is 47.4 Å². The van der Waals surface area contributed by atoms with Crippen LogP contribution in [0.4, 0.5) is 0 Å². The first kappa shape index (κ1) is 76.6. The lowest BCUT2D eigenvalue weighted by Crippen LogP contribution is -2.45. The van der Waals surface area contributed by atoms with E-state index in [-0.39, 0.29) is 18.5 Å². The van der Waals surface area contributed by atoms with Crippen molar-refractivity contribution in [2.24, 2.45) is 0 Å². The molecule has 0 saturated heterocycles. The summed E-state index contributed by atoms with van der Waals surface area (Å²) in [6.07, 6.45) is 84.1. The first-order valence-electron chi connectivity index (χ1n) is 35.9. The van der Waals surface area contributed by atoms with Crippen LogP contribution in [0.25, 0.3) is 0 Å². The molecule has 0 saturated carbocycles. The fourth-order valence-electron chi connectivity index (χ4n) is 11.6. The minimum absolute atomic E-state index is 0.0163. The molecule has 0 aromatic heterocycles. The van der Waals surface area contributed by atoms with Crippen molar-refractivity contribution in [3.63, 3.8) is 0 Å². The molecule has 6 nitrogen and oxygen atoms in total. The zero-order valence-electron chi connectivity index (χ0n) is 53.2. The normalized spacial score (nSPS) is 12.5. The number of nitrogens with one attached hydrogen (secondary N) is 1. The summed E-state index contributed by atoms with van der Waals surface area (Å²) in [7, 11) is 0. The Morgan fingerprint density at radius 1 is 0.346 bits per heavy atom. The van der Waals surface area contributed by atoms with Gasteiger partial charge in [0, 0.05) is 12.8 Å². The van der Waals surface area contributed by atoms with Crippen molar-refractivity contribution in [3.05, 3.63) is 12.2 Å². The SMILES string of the molecule is CCCCCCCCC/C=C\CCCCCCCCCC(=O)OCCCCCCCCCCCCCCCCCCCCCCCCCCCCCC(=O)NC(CO)C(O)CCCCCCCCCCCCCCCCCC. The molecule has 1 amide bonds. The van der Waals surface area contributed by atoms with E-state index in [1.165, 1.54) is 334 Å². The van der Waals surface area contributed by atoms with Crippen LogP contribution in [0, 0.1) is 0 Å². The van der Waals surface area contributed by atoms with Gasteiger partial charge < -0.3 is 20.3 Å². The molecule has 0 rings (SSSR count). The van der Waals surface area contributed by atoms with Crippen LogP contribution >= 0.6 is 0 Å². The molecule has 0 aliphatic heterocycles. The van der Waals surface area contributed by atoms with Gasteiger partial charge in [0.2, 0.25) is 5.91 Å². The highest BCUT2D eigenvalue weighted by Gasteiger charge is 2.20. The van der Waals surface area contributed by atoms with E-state index in [9.17, 15) is 19.8 Å². The van der Waals surface area contributed by atoms with Gasteiger partial charge in [-0.3, -0.25) is 9.59 Å². The maximum atomic E-state index is 12.5. The number of hydrogen-bond donors (Lipinski definition) is 3. The lowest BCUT2D eigenvalue weighted by Gasteiger charge is -2.22. The average molecular weight is 1100 g/mol. The summed E-state index contributed by atoms with van der Waals surface area (Å²) in [6, 6.07) is -0.539. The summed E-state index contributed by atoms with van der Waals surface area (Å²) in [6.45, 7) is 4.99. The van der Waals surface area contributed by atoms with Crippen molar-refractivity contribution in [1.82, 2.24) is 5.32 Å². The number of carbonyl (C=O) groups excluding carboxylic acids is 2. The van der Waals surface area contributed by atoms with Crippen molar-refractivity contribution in [2.75, 3.05) is 13.2 Å². The Balaban J connectivity index is 3.33. The molecular weight excluding hydrogens is 959 g/mol. The molecule has 0 aliphatic rings. The van der Waals surface area contributed by atoms with Gasteiger partial charge in [-0.15, -0.1) is 0 Å². The second-order valence-electron chi connectivity index (χ2n) is 24.9. The maximum absolute atomic E-state index is 12.5. The molecule has 0 aromatic carbocycles. The summed E-state index contributed by atoms with van der Waals surface area (Å²) in [5, 5.41) is 23.4. The highest BCUT2D eigenvalue weighted by molar-refractivity contribution is 5.76. The Morgan fingerprint density at radius 2 is 0.603 bits per heavy atom. The topological polar surface area (TPSA) is 95.9 Å². The molecule has 0 bridgehead atoms. The lowest BCUT2D eigenvalue weighted by molar-refractivity contribution is -0.143. The van der Waals surface area contributed by atoms with Crippen molar-refractivity contribution < 1.29 is 24.5 Å². The van der Waals surface area contributed by atoms with Crippen LogP contribution in [0.1, 0.15) is 412 Å². The minimum atomic E-state index is -0.662. The zero-order chi connectivity index (χ0) is 56.4. The summed E-state index contributed by atoms with van der Waals surface area (Å²) in [4.78, 5) is 24.6. The summed E-state index contributed by atoms with van der Waals surface area (Å²) >= 11 is 0. The highest BCUT2D eigenvalue weighted by Crippen LogP contribution is 2.19. The smallest absolute Gasteiger partial charge is 0.305 e. The fraction of sp³-hybridized carbons (Fsp3) is 0.944. The number of aliphatic hydroxyl groups excluding tert-OH is 2. The van der Waals surface area contributed by atoms with Gasteiger partial charge in [0.25, 0.3) is 0 Å². The highest BCUT2D eigenvalue weighted by atomic mass is 16.5. The van der Waals surface area contributed by atoms with Gasteiger partial charge in [-0.05, 0) is 51.4 Å². The van der Waals surface area contributed by atoms with Crippen molar-refractivity contribution in [1.29, 1.82) is 0 Å². The number of esters is 1. The van der Waals surface area contributed by atoms with Crippen LogP contribution in [0.15, 0.2) is 12.2 Å². The van der Waals surface area contributed by atoms with Gasteiger partial charge in [0.15, 0.2) is 0 Å². The Morgan fingerprint density at radius 3 is 0.910 bits per heavy atom. The zero-order valence-corrected chi connectivity index (χ0v) is 53.2. The Kier molecular flexibility index (Phi) is 66.9. The van der Waals surface area contributed by atoms with Crippen molar-refractivity contribution in [3.8, 4) is 0 Å². The molecule has 3 N–H and O–H groups in total. The largest absolute Gasteiger partial charge is 0.466 e. The molecule has 464 valence electrons. The van der Waals surface area contributed by atoms with Crippen molar-refractivity contribution >= 4 is 11.9 Å². The molecule has 0 radical (unpaired) electrons. The summed E-state index contributed by atoms with van der Waals surface area (Å²) < 4.78 is 5.51. The van der Waals surface area contributed by atoms with E-state index in [0.29, 0.717) is 25.9 Å². The number of ether oxygens (including phenoxy) is 1. The predicted molar refractivity (Wildman–Crippen MR) is 343 cm³/mol.